The second kappa shape index (κ2) is 5.79. The van der Waals surface area contributed by atoms with Crippen LogP contribution in [0.5, 0.6) is 5.75 Å². The molecule has 0 spiro atoms. The van der Waals surface area contributed by atoms with Gasteiger partial charge in [0.05, 0.1) is 17.7 Å². The number of nitrogen functional groups attached to an aromatic ring is 1. The third-order valence-electron chi connectivity index (χ3n) is 2.68. The van der Waals surface area contributed by atoms with Crippen LogP contribution in [0.25, 0.3) is 0 Å². The molecule has 0 heterocycles. The highest BCUT2D eigenvalue weighted by Crippen LogP contribution is 2.24. The molecule has 1 rings (SSSR count). The molecule has 0 saturated carbocycles. The Hall–Kier alpha value is -1.27. The summed E-state index contributed by atoms with van der Waals surface area (Å²) in [6.45, 7) is 6.59. The first-order valence-corrected chi connectivity index (χ1v) is 7.57. The van der Waals surface area contributed by atoms with Gasteiger partial charge in [-0.3, -0.25) is 0 Å². The molecule has 0 aromatic heterocycles. The number of hydrogen-bond donors (Lipinski definition) is 2. The van der Waals surface area contributed by atoms with Crippen molar-refractivity contribution in [2.75, 3.05) is 19.4 Å². The largest absolute Gasteiger partial charge is 0.495 e. The van der Waals surface area contributed by atoms with E-state index >= 15 is 0 Å². The Bertz CT molecular complexity index is 533. The van der Waals surface area contributed by atoms with Crippen molar-refractivity contribution in [1.29, 1.82) is 0 Å². The maximum absolute atomic E-state index is 12.1. The summed E-state index contributed by atoms with van der Waals surface area (Å²) in [5.74, 6) is 0.466. The minimum absolute atomic E-state index is 0.0848. The Morgan fingerprint density at radius 3 is 2.42 bits per heavy atom. The second-order valence-electron chi connectivity index (χ2n) is 5.61. The first-order valence-electron chi connectivity index (χ1n) is 6.09. The molecular weight excluding hydrogens is 264 g/mol. The van der Waals surface area contributed by atoms with E-state index in [4.69, 9.17) is 10.5 Å². The molecule has 0 bridgehead atoms. The van der Waals surface area contributed by atoms with Crippen molar-refractivity contribution in [2.24, 2.45) is 5.41 Å². The van der Waals surface area contributed by atoms with E-state index in [1.54, 1.807) is 6.07 Å². The van der Waals surface area contributed by atoms with Crippen molar-refractivity contribution in [3.8, 4) is 5.75 Å². The molecule has 0 saturated heterocycles. The van der Waals surface area contributed by atoms with Crippen molar-refractivity contribution in [1.82, 2.24) is 4.72 Å². The summed E-state index contributed by atoms with van der Waals surface area (Å²) in [6.07, 6.45) is 0.762. The van der Waals surface area contributed by atoms with Crippen molar-refractivity contribution in [3.63, 3.8) is 0 Å². The Labute approximate surface area is 115 Å². The van der Waals surface area contributed by atoms with E-state index in [1.807, 2.05) is 0 Å². The van der Waals surface area contributed by atoms with Gasteiger partial charge in [-0.05, 0) is 30.0 Å². The predicted molar refractivity (Wildman–Crippen MR) is 76.7 cm³/mol. The molecular formula is C13H22N2O3S. The third-order valence-corrected chi connectivity index (χ3v) is 4.14. The number of nitrogens with one attached hydrogen (secondary N) is 1. The number of benzene rings is 1. The SMILES string of the molecule is COc1ccc(S(=O)(=O)NCCC(C)(C)C)cc1N. The lowest BCUT2D eigenvalue weighted by Crippen LogP contribution is -2.27. The van der Waals surface area contributed by atoms with E-state index < -0.39 is 10.0 Å². The van der Waals surface area contributed by atoms with Crippen LogP contribution in [-0.4, -0.2) is 22.1 Å². The minimum atomic E-state index is -3.52. The number of methoxy groups -OCH3 is 1. The van der Waals surface area contributed by atoms with Crippen molar-refractivity contribution in [3.05, 3.63) is 18.2 Å². The van der Waals surface area contributed by atoms with Gasteiger partial charge in [0.1, 0.15) is 5.75 Å². The van der Waals surface area contributed by atoms with Crippen molar-refractivity contribution in [2.45, 2.75) is 32.1 Å². The van der Waals surface area contributed by atoms with Gasteiger partial charge in [0.2, 0.25) is 10.0 Å². The summed E-state index contributed by atoms with van der Waals surface area (Å²) >= 11 is 0. The molecule has 3 N–H and O–H groups in total. The fraction of sp³-hybridized carbons (Fsp3) is 0.538. The number of anilines is 1. The number of sulfonamides is 1. The predicted octanol–water partition coefficient (Wildman–Crippen LogP) is 1.99. The Kier molecular flexibility index (Phi) is 4.81. The van der Waals surface area contributed by atoms with Gasteiger partial charge in [0, 0.05) is 6.54 Å². The standard InChI is InChI=1S/C13H22N2O3S/c1-13(2,3)7-8-15-19(16,17)10-5-6-12(18-4)11(14)9-10/h5-6,9,15H,7-8,14H2,1-4H3. The zero-order chi connectivity index (χ0) is 14.7. The van der Waals surface area contributed by atoms with Gasteiger partial charge in [0.15, 0.2) is 0 Å². The van der Waals surface area contributed by atoms with E-state index in [1.165, 1.54) is 19.2 Å². The van der Waals surface area contributed by atoms with E-state index in [9.17, 15) is 8.42 Å². The smallest absolute Gasteiger partial charge is 0.240 e. The van der Waals surface area contributed by atoms with Crippen LogP contribution in [0.3, 0.4) is 0 Å². The summed E-state index contributed by atoms with van der Waals surface area (Å²) < 4.78 is 31.7. The van der Waals surface area contributed by atoms with Gasteiger partial charge in [-0.15, -0.1) is 0 Å². The Morgan fingerprint density at radius 1 is 1.32 bits per heavy atom. The molecule has 0 aliphatic rings. The van der Waals surface area contributed by atoms with E-state index in [0.29, 0.717) is 18.0 Å². The molecule has 5 nitrogen and oxygen atoms in total. The third kappa shape index (κ3) is 4.72. The van der Waals surface area contributed by atoms with E-state index in [2.05, 4.69) is 25.5 Å². The van der Waals surface area contributed by atoms with Crippen LogP contribution in [0.1, 0.15) is 27.2 Å². The maximum atomic E-state index is 12.1. The zero-order valence-corrected chi connectivity index (χ0v) is 12.7. The van der Waals surface area contributed by atoms with Crippen LogP contribution in [0.15, 0.2) is 23.1 Å². The molecule has 0 aliphatic heterocycles. The molecule has 0 aliphatic carbocycles. The molecule has 0 atom stereocenters. The van der Waals surface area contributed by atoms with Crippen LogP contribution in [0, 0.1) is 5.41 Å². The number of rotatable bonds is 5. The first kappa shape index (κ1) is 15.8. The monoisotopic (exact) mass is 286 g/mol. The zero-order valence-electron chi connectivity index (χ0n) is 11.9. The summed E-state index contributed by atoms with van der Waals surface area (Å²) in [6, 6.07) is 4.43. The van der Waals surface area contributed by atoms with Crippen LogP contribution < -0.4 is 15.2 Å². The molecule has 0 fully saturated rings. The van der Waals surface area contributed by atoms with Crippen LogP contribution in [0.4, 0.5) is 5.69 Å². The lowest BCUT2D eigenvalue weighted by molar-refractivity contribution is 0.378. The highest BCUT2D eigenvalue weighted by Gasteiger charge is 2.17. The molecule has 108 valence electrons. The molecule has 6 heteroatoms. The highest BCUT2D eigenvalue weighted by molar-refractivity contribution is 7.89. The number of nitrogens with two attached hydrogens (primary N) is 1. The highest BCUT2D eigenvalue weighted by atomic mass is 32.2. The Morgan fingerprint density at radius 2 is 1.95 bits per heavy atom. The summed E-state index contributed by atoms with van der Waals surface area (Å²) in [7, 11) is -2.03. The molecule has 0 amide bonds. The number of ether oxygens (including phenoxy) is 1. The first-order chi connectivity index (χ1) is 8.65. The topological polar surface area (TPSA) is 81.4 Å². The van der Waals surface area contributed by atoms with E-state index in [0.717, 1.165) is 6.42 Å². The fourth-order valence-corrected chi connectivity index (χ4v) is 2.59. The normalized spacial score (nSPS) is 12.4. The lowest BCUT2D eigenvalue weighted by Gasteiger charge is -2.18. The molecule has 0 unspecified atom stereocenters. The number of hydrogen-bond acceptors (Lipinski definition) is 4. The maximum Gasteiger partial charge on any atom is 0.240 e. The van der Waals surface area contributed by atoms with Gasteiger partial charge in [0.25, 0.3) is 0 Å². The lowest BCUT2D eigenvalue weighted by atomic mass is 9.93. The van der Waals surface area contributed by atoms with Gasteiger partial charge in [-0.1, -0.05) is 20.8 Å². The van der Waals surface area contributed by atoms with Crippen LogP contribution >= 0.6 is 0 Å². The van der Waals surface area contributed by atoms with Gasteiger partial charge < -0.3 is 10.5 Å². The van der Waals surface area contributed by atoms with Gasteiger partial charge in [-0.2, -0.15) is 0 Å². The molecule has 0 radical (unpaired) electrons. The summed E-state index contributed by atoms with van der Waals surface area (Å²) in [5, 5.41) is 0. The van der Waals surface area contributed by atoms with Crippen LogP contribution in [0.2, 0.25) is 0 Å². The second-order valence-corrected chi connectivity index (χ2v) is 7.38. The van der Waals surface area contributed by atoms with Gasteiger partial charge in [-0.25, -0.2) is 13.1 Å². The van der Waals surface area contributed by atoms with Crippen molar-refractivity contribution >= 4 is 15.7 Å². The minimum Gasteiger partial charge on any atom is -0.495 e. The van der Waals surface area contributed by atoms with Gasteiger partial charge >= 0.3 is 0 Å². The summed E-state index contributed by atoms with van der Waals surface area (Å²) in [4.78, 5) is 0.153. The van der Waals surface area contributed by atoms with Crippen LogP contribution in [-0.2, 0) is 10.0 Å². The van der Waals surface area contributed by atoms with Crippen molar-refractivity contribution < 1.29 is 13.2 Å². The molecule has 1 aromatic rings. The fourth-order valence-electron chi connectivity index (χ4n) is 1.52. The summed E-state index contributed by atoms with van der Waals surface area (Å²) in [5.41, 5.74) is 6.10. The Balaban J connectivity index is 2.80. The molecule has 1 aromatic carbocycles. The molecule has 19 heavy (non-hydrogen) atoms. The quantitative estimate of drug-likeness (QED) is 0.811. The average Bonchev–Trinajstić information content (AvgIpc) is 2.26. The average molecular weight is 286 g/mol. The van der Waals surface area contributed by atoms with E-state index in [-0.39, 0.29) is 10.3 Å².